The number of carbonyl (C=O) groups is 2. The van der Waals surface area contributed by atoms with Crippen LogP contribution < -0.4 is 0 Å². The maximum atomic E-state index is 13.6. The van der Waals surface area contributed by atoms with Crippen molar-refractivity contribution in [3.05, 3.63) is 0 Å². The Balaban J connectivity index is 5.80. The van der Waals surface area contributed by atoms with Crippen molar-refractivity contribution in [2.75, 3.05) is 0 Å². The summed E-state index contributed by atoms with van der Waals surface area (Å²) in [7, 11) is 0. The van der Waals surface area contributed by atoms with Crippen LogP contribution >= 0.6 is 0 Å². The standard InChI is InChI=1S/C28H54O3/c1-7-13-19-27(20-14-8-2,21-15-9-3)25(29)31-26(30)28(22-16-10-4,23-17-11-5)24-18-12-6/h7-24H2,1-6H3. The molecule has 0 bridgehead atoms. The predicted molar refractivity (Wildman–Crippen MR) is 133 cm³/mol. The number of hydrogen-bond donors (Lipinski definition) is 0. The molecule has 0 saturated carbocycles. The minimum absolute atomic E-state index is 0.221. The molecule has 0 heterocycles. The largest absolute Gasteiger partial charge is 0.392 e. The summed E-state index contributed by atoms with van der Waals surface area (Å²) in [5.74, 6) is -0.441. The molecule has 0 spiro atoms. The minimum Gasteiger partial charge on any atom is -0.392 e. The Morgan fingerprint density at radius 3 is 0.806 bits per heavy atom. The molecule has 0 aromatic rings. The van der Waals surface area contributed by atoms with Crippen molar-refractivity contribution in [2.45, 2.75) is 157 Å². The molecular formula is C28H54O3. The first kappa shape index (κ1) is 30.1. The first-order valence-corrected chi connectivity index (χ1v) is 13.7. The van der Waals surface area contributed by atoms with Crippen molar-refractivity contribution in [2.24, 2.45) is 10.8 Å². The zero-order valence-electron chi connectivity index (χ0n) is 22.0. The van der Waals surface area contributed by atoms with E-state index in [2.05, 4.69) is 41.5 Å². The Kier molecular flexibility index (Phi) is 17.2. The zero-order valence-corrected chi connectivity index (χ0v) is 22.0. The molecule has 0 aliphatic heterocycles. The average Bonchev–Trinajstić information content (AvgIpc) is 2.78. The van der Waals surface area contributed by atoms with Crippen LogP contribution in [0.15, 0.2) is 0 Å². The fourth-order valence-electron chi connectivity index (χ4n) is 4.75. The molecule has 0 aliphatic rings. The summed E-state index contributed by atoms with van der Waals surface area (Å²) in [6.45, 7) is 13.0. The van der Waals surface area contributed by atoms with Crippen LogP contribution in [0.1, 0.15) is 157 Å². The fourth-order valence-corrected chi connectivity index (χ4v) is 4.75. The maximum absolute atomic E-state index is 13.6. The molecule has 0 N–H and O–H groups in total. The highest BCUT2D eigenvalue weighted by Gasteiger charge is 2.44. The lowest BCUT2D eigenvalue weighted by molar-refractivity contribution is -0.176. The third kappa shape index (κ3) is 10.5. The van der Waals surface area contributed by atoms with Crippen molar-refractivity contribution < 1.29 is 14.3 Å². The summed E-state index contributed by atoms with van der Waals surface area (Å²) >= 11 is 0. The van der Waals surface area contributed by atoms with E-state index in [1.54, 1.807) is 0 Å². The van der Waals surface area contributed by atoms with E-state index in [9.17, 15) is 9.59 Å². The van der Waals surface area contributed by atoms with Gasteiger partial charge < -0.3 is 4.74 Å². The van der Waals surface area contributed by atoms with E-state index in [0.717, 1.165) is 116 Å². The molecule has 0 aliphatic carbocycles. The van der Waals surface area contributed by atoms with Gasteiger partial charge in [-0.25, -0.2) is 0 Å². The third-order valence-corrected chi connectivity index (χ3v) is 7.10. The predicted octanol–water partition coefficient (Wildman–Crippen LogP) is 9.17. The normalized spacial score (nSPS) is 12.2. The van der Waals surface area contributed by atoms with Gasteiger partial charge >= 0.3 is 11.9 Å². The van der Waals surface area contributed by atoms with E-state index < -0.39 is 10.8 Å². The van der Waals surface area contributed by atoms with Gasteiger partial charge in [-0.15, -0.1) is 0 Å². The number of esters is 2. The molecule has 0 amide bonds. The fraction of sp³-hybridized carbons (Fsp3) is 0.929. The van der Waals surface area contributed by atoms with Crippen LogP contribution in [0.25, 0.3) is 0 Å². The van der Waals surface area contributed by atoms with Gasteiger partial charge in [0.25, 0.3) is 0 Å². The molecule has 0 aromatic carbocycles. The van der Waals surface area contributed by atoms with Gasteiger partial charge in [0, 0.05) is 0 Å². The summed E-state index contributed by atoms with van der Waals surface area (Å²) in [6, 6.07) is 0. The Labute approximate surface area is 194 Å². The lowest BCUT2D eigenvalue weighted by Gasteiger charge is -2.35. The van der Waals surface area contributed by atoms with E-state index in [1.807, 2.05) is 0 Å². The number of rotatable bonds is 20. The van der Waals surface area contributed by atoms with Crippen LogP contribution in [-0.4, -0.2) is 11.9 Å². The van der Waals surface area contributed by atoms with E-state index in [4.69, 9.17) is 4.74 Å². The van der Waals surface area contributed by atoms with Crippen LogP contribution in [-0.2, 0) is 14.3 Å². The first-order valence-electron chi connectivity index (χ1n) is 13.7. The number of ether oxygens (including phenoxy) is 1. The van der Waals surface area contributed by atoms with Crippen LogP contribution in [0.2, 0.25) is 0 Å². The highest BCUT2D eigenvalue weighted by atomic mass is 16.6. The van der Waals surface area contributed by atoms with Crippen molar-refractivity contribution in [3.8, 4) is 0 Å². The summed E-state index contributed by atoms with van der Waals surface area (Å²) in [6.07, 6.45) is 17.6. The summed E-state index contributed by atoms with van der Waals surface area (Å²) < 4.78 is 5.89. The number of unbranched alkanes of at least 4 members (excludes halogenated alkanes) is 6. The first-order chi connectivity index (χ1) is 14.9. The maximum Gasteiger partial charge on any atom is 0.319 e. The molecule has 0 unspecified atom stereocenters. The SMILES string of the molecule is CCCCC(CCCC)(CCCC)C(=O)OC(=O)C(CCCC)(CCCC)CCCC. The second kappa shape index (κ2) is 17.7. The van der Waals surface area contributed by atoms with Gasteiger partial charge in [-0.05, 0) is 38.5 Å². The summed E-state index contributed by atoms with van der Waals surface area (Å²) in [5.41, 5.74) is -0.965. The molecule has 0 atom stereocenters. The van der Waals surface area contributed by atoms with Crippen LogP contribution in [0.4, 0.5) is 0 Å². The summed E-state index contributed by atoms with van der Waals surface area (Å²) in [5, 5.41) is 0. The minimum atomic E-state index is -0.482. The van der Waals surface area contributed by atoms with Gasteiger partial charge in [0.15, 0.2) is 0 Å². The lowest BCUT2D eigenvalue weighted by Crippen LogP contribution is -2.40. The molecule has 0 aromatic heterocycles. The van der Waals surface area contributed by atoms with Crippen molar-refractivity contribution >= 4 is 11.9 Å². The Bertz CT molecular complexity index is 383. The zero-order chi connectivity index (χ0) is 23.6. The van der Waals surface area contributed by atoms with Gasteiger partial charge in [0.05, 0.1) is 10.8 Å². The lowest BCUT2D eigenvalue weighted by atomic mass is 9.73. The molecule has 184 valence electrons. The number of carbonyl (C=O) groups excluding carboxylic acids is 2. The van der Waals surface area contributed by atoms with E-state index in [1.165, 1.54) is 0 Å². The number of hydrogen-bond acceptors (Lipinski definition) is 3. The van der Waals surface area contributed by atoms with Gasteiger partial charge in [-0.3, -0.25) is 9.59 Å². The quantitative estimate of drug-likeness (QED) is 0.140. The highest BCUT2D eigenvalue weighted by Crippen LogP contribution is 2.42. The molecule has 0 radical (unpaired) electrons. The van der Waals surface area contributed by atoms with E-state index >= 15 is 0 Å². The van der Waals surface area contributed by atoms with E-state index in [0.29, 0.717) is 0 Å². The van der Waals surface area contributed by atoms with Crippen molar-refractivity contribution in [3.63, 3.8) is 0 Å². The van der Waals surface area contributed by atoms with Crippen molar-refractivity contribution in [1.82, 2.24) is 0 Å². The topological polar surface area (TPSA) is 43.4 Å². The van der Waals surface area contributed by atoms with Gasteiger partial charge in [0.2, 0.25) is 0 Å². The monoisotopic (exact) mass is 438 g/mol. The van der Waals surface area contributed by atoms with Crippen LogP contribution in [0.3, 0.4) is 0 Å². The highest BCUT2D eigenvalue weighted by molar-refractivity contribution is 5.91. The van der Waals surface area contributed by atoms with Crippen LogP contribution in [0, 0.1) is 10.8 Å². The van der Waals surface area contributed by atoms with E-state index in [-0.39, 0.29) is 11.9 Å². The molecule has 3 heteroatoms. The Morgan fingerprint density at radius 1 is 0.452 bits per heavy atom. The van der Waals surface area contributed by atoms with Gasteiger partial charge in [0.1, 0.15) is 0 Å². The molecule has 31 heavy (non-hydrogen) atoms. The average molecular weight is 439 g/mol. The van der Waals surface area contributed by atoms with Gasteiger partial charge in [-0.2, -0.15) is 0 Å². The Hall–Kier alpha value is -0.860. The third-order valence-electron chi connectivity index (χ3n) is 7.10. The molecule has 0 rings (SSSR count). The van der Waals surface area contributed by atoms with Crippen molar-refractivity contribution in [1.29, 1.82) is 0 Å². The smallest absolute Gasteiger partial charge is 0.319 e. The molecule has 0 saturated heterocycles. The summed E-state index contributed by atoms with van der Waals surface area (Å²) in [4.78, 5) is 27.2. The second-order valence-electron chi connectivity index (χ2n) is 9.86. The second-order valence-corrected chi connectivity index (χ2v) is 9.86. The van der Waals surface area contributed by atoms with Gasteiger partial charge in [-0.1, -0.05) is 119 Å². The Morgan fingerprint density at radius 2 is 0.645 bits per heavy atom. The molecule has 3 nitrogen and oxygen atoms in total. The molecular weight excluding hydrogens is 384 g/mol. The molecule has 0 fully saturated rings. The van der Waals surface area contributed by atoms with Crippen LogP contribution in [0.5, 0.6) is 0 Å².